The van der Waals surface area contributed by atoms with E-state index in [0.29, 0.717) is 6.54 Å². The summed E-state index contributed by atoms with van der Waals surface area (Å²) in [5.74, 6) is 0. The van der Waals surface area contributed by atoms with Crippen molar-refractivity contribution in [2.24, 2.45) is 0 Å². The maximum Gasteiger partial charge on any atom is 0.216 e. The van der Waals surface area contributed by atoms with Gasteiger partial charge in [0, 0.05) is 19.1 Å². The Morgan fingerprint density at radius 1 is 1.33 bits per heavy atom. The van der Waals surface area contributed by atoms with Gasteiger partial charge in [-0.15, -0.1) is 0 Å². The quantitative estimate of drug-likeness (QED) is 0.749. The summed E-state index contributed by atoms with van der Waals surface area (Å²) in [4.78, 5) is 2.36. The first-order valence-corrected chi connectivity index (χ1v) is 8.57. The van der Waals surface area contributed by atoms with Crippen molar-refractivity contribution in [3.05, 3.63) is 0 Å². The van der Waals surface area contributed by atoms with E-state index in [0.717, 1.165) is 32.6 Å². The van der Waals surface area contributed by atoms with Crippen LogP contribution in [0.25, 0.3) is 0 Å². The zero-order valence-corrected chi connectivity index (χ0v) is 12.0. The maximum absolute atomic E-state index is 12.1. The smallest absolute Gasteiger partial charge is 0.216 e. The summed E-state index contributed by atoms with van der Waals surface area (Å²) in [5.41, 5.74) is 0. The molecule has 0 saturated carbocycles. The van der Waals surface area contributed by atoms with Crippen LogP contribution in [-0.2, 0) is 10.0 Å². The number of sulfonamides is 1. The summed E-state index contributed by atoms with van der Waals surface area (Å²) in [6.07, 6.45) is 4.52. The first kappa shape index (κ1) is 14.2. The molecule has 18 heavy (non-hydrogen) atoms. The van der Waals surface area contributed by atoms with Crippen LogP contribution in [0, 0.1) is 0 Å². The predicted octanol–water partition coefficient (Wildman–Crippen LogP) is 0.142. The van der Waals surface area contributed by atoms with Crippen molar-refractivity contribution < 1.29 is 8.42 Å². The van der Waals surface area contributed by atoms with Crippen LogP contribution in [0.3, 0.4) is 0 Å². The van der Waals surface area contributed by atoms with Crippen molar-refractivity contribution in [1.82, 2.24) is 14.9 Å². The van der Waals surface area contributed by atoms with Crippen molar-refractivity contribution in [3.8, 4) is 0 Å². The summed E-state index contributed by atoms with van der Waals surface area (Å²) in [5, 5.41) is 2.85. The van der Waals surface area contributed by atoms with E-state index in [2.05, 4.69) is 14.9 Å². The van der Waals surface area contributed by atoms with Crippen molar-refractivity contribution in [2.45, 2.75) is 43.9 Å². The van der Waals surface area contributed by atoms with Crippen molar-refractivity contribution in [1.29, 1.82) is 0 Å². The zero-order chi connectivity index (χ0) is 13.0. The van der Waals surface area contributed by atoms with Crippen LogP contribution in [0.4, 0.5) is 0 Å². The molecule has 2 saturated heterocycles. The van der Waals surface area contributed by atoms with E-state index >= 15 is 0 Å². The van der Waals surface area contributed by atoms with Gasteiger partial charge in [-0.1, -0.05) is 6.42 Å². The van der Waals surface area contributed by atoms with E-state index in [1.807, 2.05) is 6.92 Å². The van der Waals surface area contributed by atoms with E-state index < -0.39 is 10.0 Å². The standard InChI is InChI=1S/C12H25N3O2S/c1-11(10-15-7-3-2-4-8-15)14-18(16,17)12-5-6-13-9-12/h11-14H,2-10H2,1H3. The minimum atomic E-state index is -3.15. The highest BCUT2D eigenvalue weighted by Gasteiger charge is 2.29. The summed E-state index contributed by atoms with van der Waals surface area (Å²) in [7, 11) is -3.15. The van der Waals surface area contributed by atoms with Crippen LogP contribution in [0.1, 0.15) is 32.6 Å². The van der Waals surface area contributed by atoms with E-state index in [-0.39, 0.29) is 11.3 Å². The van der Waals surface area contributed by atoms with Crippen molar-refractivity contribution in [3.63, 3.8) is 0 Å². The normalized spacial score (nSPS) is 28.4. The van der Waals surface area contributed by atoms with Gasteiger partial charge in [0.2, 0.25) is 10.0 Å². The number of rotatable bonds is 5. The highest BCUT2D eigenvalue weighted by molar-refractivity contribution is 7.90. The molecule has 2 unspecified atom stereocenters. The molecule has 2 aliphatic rings. The fraction of sp³-hybridized carbons (Fsp3) is 1.00. The molecular formula is C12H25N3O2S. The predicted molar refractivity (Wildman–Crippen MR) is 73.1 cm³/mol. The van der Waals surface area contributed by atoms with Crippen LogP contribution in [-0.4, -0.2) is 57.3 Å². The molecule has 0 aromatic rings. The minimum Gasteiger partial charge on any atom is -0.315 e. The van der Waals surface area contributed by atoms with Crippen LogP contribution >= 0.6 is 0 Å². The Hall–Kier alpha value is -0.170. The second kappa shape index (κ2) is 6.32. The molecule has 0 aromatic heterocycles. The number of nitrogens with zero attached hydrogens (tertiary/aromatic N) is 1. The van der Waals surface area contributed by atoms with Gasteiger partial charge >= 0.3 is 0 Å². The third-order valence-electron chi connectivity index (χ3n) is 3.80. The highest BCUT2D eigenvalue weighted by atomic mass is 32.2. The Labute approximate surface area is 110 Å². The Morgan fingerprint density at radius 2 is 2.06 bits per heavy atom. The lowest BCUT2D eigenvalue weighted by molar-refractivity contribution is 0.215. The van der Waals surface area contributed by atoms with Gasteiger partial charge in [0.05, 0.1) is 5.25 Å². The average Bonchev–Trinajstić information content (AvgIpc) is 2.83. The van der Waals surface area contributed by atoms with Crippen molar-refractivity contribution in [2.75, 3.05) is 32.7 Å². The second-order valence-electron chi connectivity index (χ2n) is 5.54. The third kappa shape index (κ3) is 3.91. The fourth-order valence-electron chi connectivity index (χ4n) is 2.84. The van der Waals surface area contributed by atoms with E-state index in [4.69, 9.17) is 0 Å². The molecule has 0 spiro atoms. The monoisotopic (exact) mass is 275 g/mol. The van der Waals surface area contributed by atoms with Crippen LogP contribution in [0.15, 0.2) is 0 Å². The van der Waals surface area contributed by atoms with Gasteiger partial charge in [-0.25, -0.2) is 13.1 Å². The number of hydrogen-bond donors (Lipinski definition) is 2. The first-order valence-electron chi connectivity index (χ1n) is 7.02. The van der Waals surface area contributed by atoms with Crippen molar-refractivity contribution >= 4 is 10.0 Å². The molecule has 2 N–H and O–H groups in total. The molecule has 2 rings (SSSR count). The molecule has 106 valence electrons. The first-order chi connectivity index (χ1) is 8.58. The molecule has 5 nitrogen and oxygen atoms in total. The van der Waals surface area contributed by atoms with Gasteiger partial charge in [-0.2, -0.15) is 0 Å². The largest absolute Gasteiger partial charge is 0.315 e. The maximum atomic E-state index is 12.1. The topological polar surface area (TPSA) is 61.4 Å². The molecule has 2 aliphatic heterocycles. The SMILES string of the molecule is CC(CN1CCCCC1)NS(=O)(=O)C1CCNC1. The van der Waals surface area contributed by atoms with Gasteiger partial charge in [0.15, 0.2) is 0 Å². The van der Waals surface area contributed by atoms with Gasteiger partial charge in [0.25, 0.3) is 0 Å². The molecule has 0 aliphatic carbocycles. The summed E-state index contributed by atoms with van der Waals surface area (Å²) in [6.45, 7) is 6.42. The van der Waals surface area contributed by atoms with Crippen LogP contribution < -0.4 is 10.0 Å². The second-order valence-corrected chi connectivity index (χ2v) is 7.53. The van der Waals surface area contributed by atoms with Gasteiger partial charge < -0.3 is 10.2 Å². The van der Waals surface area contributed by atoms with Crippen LogP contribution in [0.2, 0.25) is 0 Å². The van der Waals surface area contributed by atoms with Gasteiger partial charge in [-0.05, 0) is 45.8 Å². The third-order valence-corrected chi connectivity index (χ3v) is 5.81. The molecule has 2 atom stereocenters. The minimum absolute atomic E-state index is 0.00806. The molecule has 0 radical (unpaired) electrons. The summed E-state index contributed by atoms with van der Waals surface area (Å²) >= 11 is 0. The zero-order valence-electron chi connectivity index (χ0n) is 11.2. The molecule has 2 heterocycles. The molecule has 0 bridgehead atoms. The lowest BCUT2D eigenvalue weighted by atomic mass is 10.1. The Bertz CT molecular complexity index is 346. The van der Waals surface area contributed by atoms with E-state index in [1.165, 1.54) is 19.3 Å². The Morgan fingerprint density at radius 3 is 2.67 bits per heavy atom. The van der Waals surface area contributed by atoms with E-state index in [9.17, 15) is 8.42 Å². The van der Waals surface area contributed by atoms with Gasteiger partial charge in [-0.3, -0.25) is 0 Å². The van der Waals surface area contributed by atoms with Gasteiger partial charge in [0.1, 0.15) is 0 Å². The number of piperidine rings is 1. The lowest BCUT2D eigenvalue weighted by Gasteiger charge is -2.29. The fourth-order valence-corrected chi connectivity index (χ4v) is 4.43. The molecule has 6 heteroatoms. The molecule has 0 amide bonds. The van der Waals surface area contributed by atoms with Crippen LogP contribution in [0.5, 0.6) is 0 Å². The summed E-state index contributed by atoms with van der Waals surface area (Å²) < 4.78 is 27.1. The number of hydrogen-bond acceptors (Lipinski definition) is 4. The molecule has 2 fully saturated rings. The summed E-state index contributed by atoms with van der Waals surface area (Å²) in [6, 6.07) is 0.00806. The number of nitrogens with one attached hydrogen (secondary N) is 2. The van der Waals surface area contributed by atoms with E-state index in [1.54, 1.807) is 0 Å². The average molecular weight is 275 g/mol. The number of likely N-dealkylation sites (tertiary alicyclic amines) is 1. The highest BCUT2D eigenvalue weighted by Crippen LogP contribution is 2.11. The Kier molecular flexibility index (Phi) is 5.00. The molecular weight excluding hydrogens is 250 g/mol. The molecule has 0 aromatic carbocycles. The Balaban J connectivity index is 1.80. The lowest BCUT2D eigenvalue weighted by Crippen LogP contribution is -2.46.